The van der Waals surface area contributed by atoms with Gasteiger partial charge < -0.3 is 9.47 Å². The van der Waals surface area contributed by atoms with Crippen molar-refractivity contribution in [1.82, 2.24) is 0 Å². The molecule has 0 amide bonds. The van der Waals surface area contributed by atoms with Crippen LogP contribution < -0.4 is 9.47 Å². The van der Waals surface area contributed by atoms with Gasteiger partial charge in [0.1, 0.15) is 23.9 Å². The normalized spacial score (nSPS) is 10.3. The molecule has 0 atom stereocenters. The van der Waals surface area contributed by atoms with E-state index in [1.807, 2.05) is 0 Å². The fraction of sp³-hybridized carbons (Fsp3) is 0.188. The molecule has 0 aliphatic rings. The minimum absolute atomic E-state index is 0.0705. The molecule has 0 aliphatic carbocycles. The molecule has 0 heterocycles. The van der Waals surface area contributed by atoms with Gasteiger partial charge >= 0.3 is 0 Å². The van der Waals surface area contributed by atoms with E-state index in [4.69, 9.17) is 21.1 Å². The summed E-state index contributed by atoms with van der Waals surface area (Å²) in [5.74, 6) is 0.290. The molecular formula is C16H14ClFO3. The Kier molecular flexibility index (Phi) is 4.81. The molecule has 2 rings (SSSR count). The van der Waals surface area contributed by atoms with Gasteiger partial charge in [0.05, 0.1) is 17.7 Å². The first kappa shape index (κ1) is 15.3. The number of ether oxygens (including phenoxy) is 2. The number of ketones is 1. The lowest BCUT2D eigenvalue weighted by molar-refractivity contribution is 0.101. The van der Waals surface area contributed by atoms with Gasteiger partial charge in [-0.15, -0.1) is 0 Å². The fourth-order valence-corrected chi connectivity index (χ4v) is 2.08. The Morgan fingerprint density at radius 2 is 2.05 bits per heavy atom. The van der Waals surface area contributed by atoms with Crippen LogP contribution in [0.4, 0.5) is 4.39 Å². The monoisotopic (exact) mass is 308 g/mol. The third-order valence-corrected chi connectivity index (χ3v) is 3.36. The van der Waals surface area contributed by atoms with Crippen molar-refractivity contribution in [2.24, 2.45) is 0 Å². The third kappa shape index (κ3) is 3.52. The third-order valence-electron chi connectivity index (χ3n) is 3.00. The topological polar surface area (TPSA) is 35.5 Å². The summed E-state index contributed by atoms with van der Waals surface area (Å²) in [6, 6.07) is 9.28. The Balaban J connectivity index is 2.28. The first-order chi connectivity index (χ1) is 10.0. The lowest BCUT2D eigenvalue weighted by atomic mass is 10.1. The molecule has 0 aliphatic heterocycles. The predicted octanol–water partition coefficient (Wildman–Crippen LogP) is 4.27. The van der Waals surface area contributed by atoms with Crippen LogP contribution in [-0.2, 0) is 6.61 Å². The van der Waals surface area contributed by atoms with E-state index in [1.165, 1.54) is 26.2 Å². The molecule has 2 aromatic rings. The van der Waals surface area contributed by atoms with Gasteiger partial charge in [-0.25, -0.2) is 4.39 Å². The molecule has 110 valence electrons. The molecule has 0 saturated carbocycles. The van der Waals surface area contributed by atoms with Gasteiger partial charge in [-0.2, -0.15) is 0 Å². The molecule has 5 heteroatoms. The van der Waals surface area contributed by atoms with Gasteiger partial charge in [0, 0.05) is 11.6 Å². The zero-order valence-electron chi connectivity index (χ0n) is 11.7. The van der Waals surface area contributed by atoms with E-state index in [2.05, 4.69) is 0 Å². The van der Waals surface area contributed by atoms with Crippen LogP contribution in [0.3, 0.4) is 0 Å². The van der Waals surface area contributed by atoms with Gasteiger partial charge in [0.2, 0.25) is 0 Å². The van der Waals surface area contributed by atoms with Crippen LogP contribution in [0.15, 0.2) is 36.4 Å². The van der Waals surface area contributed by atoms with Crippen molar-refractivity contribution in [3.05, 3.63) is 58.4 Å². The van der Waals surface area contributed by atoms with E-state index in [9.17, 15) is 9.18 Å². The molecule has 0 fully saturated rings. The maximum atomic E-state index is 13.7. The fourth-order valence-electron chi connectivity index (χ4n) is 1.86. The molecule has 2 aromatic carbocycles. The molecule has 21 heavy (non-hydrogen) atoms. The summed E-state index contributed by atoms with van der Waals surface area (Å²) in [6.45, 7) is 1.36. The number of hydrogen-bond donors (Lipinski definition) is 0. The zero-order valence-corrected chi connectivity index (χ0v) is 12.4. The van der Waals surface area contributed by atoms with Gasteiger partial charge in [-0.3, -0.25) is 4.79 Å². The number of methoxy groups -OCH3 is 1. The molecule has 0 radical (unpaired) electrons. The molecule has 0 N–H and O–H groups in total. The Labute approximate surface area is 127 Å². The number of benzene rings is 2. The van der Waals surface area contributed by atoms with Crippen LogP contribution in [-0.4, -0.2) is 12.9 Å². The number of rotatable bonds is 5. The summed E-state index contributed by atoms with van der Waals surface area (Å²) in [6.07, 6.45) is 0. The summed E-state index contributed by atoms with van der Waals surface area (Å²) >= 11 is 5.95. The minimum atomic E-state index is -0.449. The van der Waals surface area contributed by atoms with E-state index >= 15 is 0 Å². The molecular weight excluding hydrogens is 295 g/mol. The van der Waals surface area contributed by atoms with Gasteiger partial charge in [0.25, 0.3) is 0 Å². The second kappa shape index (κ2) is 6.59. The van der Waals surface area contributed by atoms with Crippen molar-refractivity contribution < 1.29 is 18.7 Å². The highest BCUT2D eigenvalue weighted by molar-refractivity contribution is 6.31. The van der Waals surface area contributed by atoms with Crippen molar-refractivity contribution >= 4 is 17.4 Å². The standard InChI is InChI=1S/C16H14ClFO3/c1-10(19)12-7-6-11(20-2)8-16(12)21-9-13-14(17)4-3-5-15(13)18/h3-8H,9H2,1-2H3. The lowest BCUT2D eigenvalue weighted by Crippen LogP contribution is -2.04. The van der Waals surface area contributed by atoms with Crippen LogP contribution in [0.5, 0.6) is 11.5 Å². The van der Waals surface area contributed by atoms with Crippen molar-refractivity contribution in [3.63, 3.8) is 0 Å². The zero-order chi connectivity index (χ0) is 15.4. The number of halogens is 2. The van der Waals surface area contributed by atoms with Gasteiger partial charge in [-0.05, 0) is 31.2 Å². The van der Waals surface area contributed by atoms with E-state index in [0.717, 1.165) is 0 Å². The number of carbonyl (C=O) groups excluding carboxylic acids is 1. The number of carbonyl (C=O) groups is 1. The van der Waals surface area contributed by atoms with Gasteiger partial charge in [0.15, 0.2) is 5.78 Å². The predicted molar refractivity (Wildman–Crippen MR) is 78.7 cm³/mol. The summed E-state index contributed by atoms with van der Waals surface area (Å²) in [7, 11) is 1.51. The van der Waals surface area contributed by atoms with Gasteiger partial charge in [-0.1, -0.05) is 17.7 Å². The second-order valence-corrected chi connectivity index (χ2v) is 4.81. The van der Waals surface area contributed by atoms with E-state index < -0.39 is 5.82 Å². The average molecular weight is 309 g/mol. The smallest absolute Gasteiger partial charge is 0.163 e. The SMILES string of the molecule is COc1ccc(C(C)=O)c(OCc2c(F)cccc2Cl)c1. The largest absolute Gasteiger partial charge is 0.497 e. The maximum absolute atomic E-state index is 13.7. The Hall–Kier alpha value is -2.07. The van der Waals surface area contributed by atoms with Crippen LogP contribution in [0.25, 0.3) is 0 Å². The molecule has 0 saturated heterocycles. The Bertz CT molecular complexity index is 650. The minimum Gasteiger partial charge on any atom is -0.497 e. The average Bonchev–Trinajstić information content (AvgIpc) is 2.46. The number of hydrogen-bond acceptors (Lipinski definition) is 3. The van der Waals surface area contributed by atoms with E-state index in [0.29, 0.717) is 17.1 Å². The Morgan fingerprint density at radius 1 is 1.29 bits per heavy atom. The van der Waals surface area contributed by atoms with Crippen LogP contribution in [0.1, 0.15) is 22.8 Å². The maximum Gasteiger partial charge on any atom is 0.163 e. The number of Topliss-reactive ketones (excluding diaryl/α,β-unsaturated/α-hetero) is 1. The first-order valence-electron chi connectivity index (χ1n) is 6.27. The molecule has 0 unspecified atom stereocenters. The summed E-state index contributed by atoms with van der Waals surface area (Å²) in [4.78, 5) is 11.6. The molecule has 0 spiro atoms. The quantitative estimate of drug-likeness (QED) is 0.774. The highest BCUT2D eigenvalue weighted by Crippen LogP contribution is 2.27. The summed E-state index contributed by atoms with van der Waals surface area (Å²) in [5, 5.41) is 0.280. The van der Waals surface area contributed by atoms with Crippen LogP contribution in [0.2, 0.25) is 5.02 Å². The van der Waals surface area contributed by atoms with E-state index in [1.54, 1.807) is 24.3 Å². The molecule has 0 bridgehead atoms. The first-order valence-corrected chi connectivity index (χ1v) is 6.65. The lowest BCUT2D eigenvalue weighted by Gasteiger charge is -2.12. The Morgan fingerprint density at radius 3 is 2.67 bits per heavy atom. The van der Waals surface area contributed by atoms with E-state index in [-0.39, 0.29) is 23.0 Å². The molecule has 0 aromatic heterocycles. The van der Waals surface area contributed by atoms with Crippen molar-refractivity contribution in [2.75, 3.05) is 7.11 Å². The highest BCUT2D eigenvalue weighted by Gasteiger charge is 2.13. The summed E-state index contributed by atoms with van der Waals surface area (Å²) < 4.78 is 24.4. The highest BCUT2D eigenvalue weighted by atomic mass is 35.5. The van der Waals surface area contributed by atoms with Crippen molar-refractivity contribution in [2.45, 2.75) is 13.5 Å². The summed E-state index contributed by atoms with van der Waals surface area (Å²) in [5.41, 5.74) is 0.653. The van der Waals surface area contributed by atoms with Crippen molar-refractivity contribution in [1.29, 1.82) is 0 Å². The van der Waals surface area contributed by atoms with Crippen LogP contribution >= 0.6 is 11.6 Å². The second-order valence-electron chi connectivity index (χ2n) is 4.41. The van der Waals surface area contributed by atoms with Crippen LogP contribution in [0, 0.1) is 5.82 Å². The van der Waals surface area contributed by atoms with Crippen molar-refractivity contribution in [3.8, 4) is 11.5 Å². The molecule has 3 nitrogen and oxygen atoms in total.